The lowest BCUT2D eigenvalue weighted by atomic mass is 10.1. The van der Waals surface area contributed by atoms with Crippen LogP contribution in [0.1, 0.15) is 30.3 Å². The Morgan fingerprint density at radius 3 is 2.15 bits per heavy atom. The second kappa shape index (κ2) is 9.43. The van der Waals surface area contributed by atoms with Gasteiger partial charge in [-0.25, -0.2) is 0 Å². The monoisotopic (exact) mass is 464 g/mol. The van der Waals surface area contributed by atoms with Crippen molar-refractivity contribution in [2.75, 3.05) is 26.2 Å². The first-order chi connectivity index (χ1) is 16.0. The molecule has 2 aromatic carbocycles. The van der Waals surface area contributed by atoms with Crippen molar-refractivity contribution in [2.24, 2.45) is 0 Å². The van der Waals surface area contributed by atoms with E-state index < -0.39 is 0 Å². The van der Waals surface area contributed by atoms with Gasteiger partial charge < -0.3 is 9.05 Å². The molecular formula is C24H25ClN6O2. The number of benzene rings is 2. The smallest absolute Gasteiger partial charge is 0.244 e. The predicted octanol–water partition coefficient (Wildman–Crippen LogP) is 4.63. The first kappa shape index (κ1) is 21.8. The second-order valence-corrected chi connectivity index (χ2v) is 8.77. The molecule has 4 aromatic rings. The minimum absolute atomic E-state index is 0.0544. The summed E-state index contributed by atoms with van der Waals surface area (Å²) in [6.07, 6.45) is 0. The molecule has 1 saturated heterocycles. The quantitative estimate of drug-likeness (QED) is 0.408. The largest absolute Gasteiger partial charge is 0.338 e. The van der Waals surface area contributed by atoms with Gasteiger partial charge in [0, 0.05) is 42.3 Å². The van der Waals surface area contributed by atoms with Gasteiger partial charge in [-0.05, 0) is 38.1 Å². The van der Waals surface area contributed by atoms with Gasteiger partial charge in [0.1, 0.15) is 0 Å². The molecule has 1 unspecified atom stereocenters. The Morgan fingerprint density at radius 1 is 0.848 bits per heavy atom. The van der Waals surface area contributed by atoms with Crippen molar-refractivity contribution < 1.29 is 9.05 Å². The lowest BCUT2D eigenvalue weighted by Gasteiger charge is -2.36. The number of aromatic nitrogens is 4. The molecule has 5 rings (SSSR count). The third kappa shape index (κ3) is 4.98. The van der Waals surface area contributed by atoms with Crippen LogP contribution in [0.3, 0.4) is 0 Å². The summed E-state index contributed by atoms with van der Waals surface area (Å²) in [5.74, 6) is 2.46. The summed E-state index contributed by atoms with van der Waals surface area (Å²) in [6.45, 7) is 8.36. The average molecular weight is 465 g/mol. The van der Waals surface area contributed by atoms with Crippen LogP contribution in [0.25, 0.3) is 22.8 Å². The summed E-state index contributed by atoms with van der Waals surface area (Å²) < 4.78 is 11.0. The lowest BCUT2D eigenvalue weighted by molar-refractivity contribution is 0.0785. The molecular weight excluding hydrogens is 440 g/mol. The van der Waals surface area contributed by atoms with E-state index in [-0.39, 0.29) is 6.04 Å². The van der Waals surface area contributed by atoms with Gasteiger partial charge in [-0.3, -0.25) is 9.80 Å². The van der Waals surface area contributed by atoms with E-state index in [2.05, 4.69) is 56.1 Å². The zero-order valence-corrected chi connectivity index (χ0v) is 19.4. The van der Waals surface area contributed by atoms with Gasteiger partial charge in [0.05, 0.1) is 12.6 Å². The summed E-state index contributed by atoms with van der Waals surface area (Å²) >= 11 is 5.95. The molecule has 0 aliphatic carbocycles. The highest BCUT2D eigenvalue weighted by atomic mass is 35.5. The zero-order valence-electron chi connectivity index (χ0n) is 18.6. The molecule has 8 nitrogen and oxygen atoms in total. The molecule has 3 heterocycles. The van der Waals surface area contributed by atoms with Gasteiger partial charge in [0.15, 0.2) is 0 Å². The van der Waals surface area contributed by atoms with Crippen molar-refractivity contribution in [3.05, 3.63) is 70.9 Å². The zero-order chi connectivity index (χ0) is 22.8. The Bertz CT molecular complexity index is 1200. The number of piperazine rings is 1. The molecule has 9 heteroatoms. The number of aryl methyl sites for hydroxylation is 1. The molecule has 1 fully saturated rings. The Labute approximate surface area is 197 Å². The topological polar surface area (TPSA) is 84.3 Å². The van der Waals surface area contributed by atoms with Gasteiger partial charge in [-0.1, -0.05) is 51.7 Å². The SMILES string of the molecule is Cc1ccc(-c2noc(C(C)N3CCN(Cc4nc(-c5ccc(Cl)cc5)no4)CC3)n2)cc1. The van der Waals surface area contributed by atoms with Gasteiger partial charge >= 0.3 is 0 Å². The molecule has 0 amide bonds. The molecule has 0 saturated carbocycles. The first-order valence-electron chi connectivity index (χ1n) is 11.0. The summed E-state index contributed by atoms with van der Waals surface area (Å²) in [4.78, 5) is 13.8. The van der Waals surface area contributed by atoms with Crippen molar-refractivity contribution in [3.63, 3.8) is 0 Å². The van der Waals surface area contributed by atoms with Crippen LogP contribution in [-0.2, 0) is 6.54 Å². The molecule has 0 radical (unpaired) electrons. The Balaban J connectivity index is 1.16. The van der Waals surface area contributed by atoms with Gasteiger partial charge in [0.2, 0.25) is 23.4 Å². The van der Waals surface area contributed by atoms with Gasteiger partial charge in [-0.2, -0.15) is 9.97 Å². The minimum Gasteiger partial charge on any atom is -0.338 e. The molecule has 1 aliphatic rings. The Hall–Kier alpha value is -3.07. The number of rotatable bonds is 6. The highest BCUT2D eigenvalue weighted by molar-refractivity contribution is 6.30. The third-order valence-corrected chi connectivity index (χ3v) is 6.24. The van der Waals surface area contributed by atoms with E-state index in [1.807, 2.05) is 36.4 Å². The van der Waals surface area contributed by atoms with Gasteiger partial charge in [0.25, 0.3) is 0 Å². The maximum Gasteiger partial charge on any atom is 0.244 e. The van der Waals surface area contributed by atoms with E-state index in [0.29, 0.717) is 35.0 Å². The number of hydrogen-bond donors (Lipinski definition) is 0. The van der Waals surface area contributed by atoms with Crippen molar-refractivity contribution in [2.45, 2.75) is 26.4 Å². The van der Waals surface area contributed by atoms with Crippen LogP contribution in [0.15, 0.2) is 57.6 Å². The molecule has 0 N–H and O–H groups in total. The highest BCUT2D eigenvalue weighted by Crippen LogP contribution is 2.24. The molecule has 1 aliphatic heterocycles. The Morgan fingerprint density at radius 2 is 1.45 bits per heavy atom. The molecule has 33 heavy (non-hydrogen) atoms. The standard InChI is InChI=1S/C24H25ClN6O2/c1-16-3-5-18(6-4-16)23-27-24(33-29-23)17(2)31-13-11-30(12-14-31)15-21-26-22(28-32-21)19-7-9-20(25)10-8-19/h3-10,17H,11-15H2,1-2H3. The van der Waals surface area contributed by atoms with Crippen LogP contribution in [-0.4, -0.2) is 56.3 Å². The molecule has 1 atom stereocenters. The van der Waals surface area contributed by atoms with Crippen LogP contribution in [0, 0.1) is 6.92 Å². The van der Waals surface area contributed by atoms with E-state index in [0.717, 1.165) is 37.3 Å². The van der Waals surface area contributed by atoms with Crippen molar-refractivity contribution in [1.29, 1.82) is 0 Å². The van der Waals surface area contributed by atoms with Crippen molar-refractivity contribution in [3.8, 4) is 22.8 Å². The average Bonchev–Trinajstić information content (AvgIpc) is 3.51. The van der Waals surface area contributed by atoms with E-state index in [1.54, 1.807) is 0 Å². The maximum atomic E-state index is 5.95. The minimum atomic E-state index is 0.0544. The van der Waals surface area contributed by atoms with Crippen molar-refractivity contribution in [1.82, 2.24) is 30.1 Å². The first-order valence-corrected chi connectivity index (χ1v) is 11.4. The van der Waals surface area contributed by atoms with Crippen LogP contribution in [0.5, 0.6) is 0 Å². The van der Waals surface area contributed by atoms with E-state index >= 15 is 0 Å². The second-order valence-electron chi connectivity index (χ2n) is 8.33. The predicted molar refractivity (Wildman–Crippen MR) is 124 cm³/mol. The van der Waals surface area contributed by atoms with Crippen LogP contribution < -0.4 is 0 Å². The normalized spacial score (nSPS) is 16.2. The van der Waals surface area contributed by atoms with Crippen LogP contribution in [0.2, 0.25) is 5.02 Å². The van der Waals surface area contributed by atoms with Crippen molar-refractivity contribution >= 4 is 11.6 Å². The van der Waals surface area contributed by atoms with E-state index in [9.17, 15) is 0 Å². The van der Waals surface area contributed by atoms with Crippen LogP contribution in [0.4, 0.5) is 0 Å². The van der Waals surface area contributed by atoms with E-state index in [4.69, 9.17) is 20.6 Å². The molecule has 170 valence electrons. The van der Waals surface area contributed by atoms with E-state index in [1.165, 1.54) is 5.56 Å². The Kier molecular flexibility index (Phi) is 6.22. The highest BCUT2D eigenvalue weighted by Gasteiger charge is 2.27. The maximum absolute atomic E-state index is 5.95. The fourth-order valence-corrected chi connectivity index (χ4v) is 4.04. The van der Waals surface area contributed by atoms with Crippen LogP contribution >= 0.6 is 11.6 Å². The third-order valence-electron chi connectivity index (χ3n) is 5.99. The lowest BCUT2D eigenvalue weighted by Crippen LogP contribution is -2.46. The number of hydrogen-bond acceptors (Lipinski definition) is 8. The summed E-state index contributed by atoms with van der Waals surface area (Å²) in [5.41, 5.74) is 3.05. The summed E-state index contributed by atoms with van der Waals surface area (Å²) in [5, 5.41) is 8.96. The number of nitrogens with zero attached hydrogens (tertiary/aromatic N) is 6. The summed E-state index contributed by atoms with van der Waals surface area (Å²) in [7, 11) is 0. The fourth-order valence-electron chi connectivity index (χ4n) is 3.92. The fraction of sp³-hybridized carbons (Fsp3) is 0.333. The molecule has 2 aromatic heterocycles. The molecule has 0 spiro atoms. The summed E-state index contributed by atoms with van der Waals surface area (Å²) in [6, 6.07) is 15.6. The van der Waals surface area contributed by atoms with Gasteiger partial charge in [-0.15, -0.1) is 0 Å². The molecule has 0 bridgehead atoms. The number of halogens is 1.